The Balaban J connectivity index is 1.99. The van der Waals surface area contributed by atoms with Crippen molar-refractivity contribution in [1.82, 2.24) is 5.32 Å². The van der Waals surface area contributed by atoms with Crippen molar-refractivity contribution >= 4 is 17.7 Å². The van der Waals surface area contributed by atoms with Crippen LogP contribution in [0.15, 0.2) is 53.4 Å². The van der Waals surface area contributed by atoms with Crippen LogP contribution in [-0.2, 0) is 6.18 Å². The number of halogens is 3. The molecule has 0 aromatic heterocycles. The summed E-state index contributed by atoms with van der Waals surface area (Å²) in [6.45, 7) is -0.0896. The molecular weight excluding hydrogens is 339 g/mol. The molecule has 1 atom stereocenters. The van der Waals surface area contributed by atoms with Gasteiger partial charge in [0, 0.05) is 17.0 Å². The number of alkyl halides is 3. The number of amides is 1. The number of nitrogens with one attached hydrogen (secondary N) is 1. The molecule has 0 spiro atoms. The van der Waals surface area contributed by atoms with Gasteiger partial charge in [0.2, 0.25) is 0 Å². The minimum Gasteiger partial charge on any atom is -0.387 e. The zero-order valence-electron chi connectivity index (χ0n) is 12.8. The number of rotatable bonds is 5. The van der Waals surface area contributed by atoms with Crippen molar-refractivity contribution < 1.29 is 23.1 Å². The zero-order chi connectivity index (χ0) is 17.7. The fourth-order valence-electron chi connectivity index (χ4n) is 2.07. The van der Waals surface area contributed by atoms with Crippen molar-refractivity contribution in [3.8, 4) is 0 Å². The Morgan fingerprint density at radius 3 is 2.46 bits per heavy atom. The van der Waals surface area contributed by atoms with E-state index >= 15 is 0 Å². The van der Waals surface area contributed by atoms with E-state index in [4.69, 9.17) is 0 Å². The number of carbonyl (C=O) groups is 1. The van der Waals surface area contributed by atoms with Crippen LogP contribution in [0.3, 0.4) is 0 Å². The molecule has 1 unspecified atom stereocenters. The quantitative estimate of drug-likeness (QED) is 0.800. The first kappa shape index (κ1) is 18.4. The summed E-state index contributed by atoms with van der Waals surface area (Å²) >= 11 is 1.56. The zero-order valence-corrected chi connectivity index (χ0v) is 13.6. The summed E-state index contributed by atoms with van der Waals surface area (Å²) in [7, 11) is 0. The highest BCUT2D eigenvalue weighted by Gasteiger charge is 2.30. The van der Waals surface area contributed by atoms with Gasteiger partial charge < -0.3 is 10.4 Å². The summed E-state index contributed by atoms with van der Waals surface area (Å²) in [5, 5.41) is 12.5. The summed E-state index contributed by atoms with van der Waals surface area (Å²) in [5.41, 5.74) is -0.366. The number of aliphatic hydroxyl groups is 1. The van der Waals surface area contributed by atoms with E-state index < -0.39 is 23.8 Å². The maximum absolute atomic E-state index is 12.7. The largest absolute Gasteiger partial charge is 0.416 e. The molecule has 0 saturated carbocycles. The molecule has 1 amide bonds. The predicted octanol–water partition coefficient (Wildman–Crippen LogP) is 3.89. The fourth-order valence-corrected chi connectivity index (χ4v) is 2.48. The minimum atomic E-state index is -4.51. The molecule has 0 aliphatic rings. The second-order valence-corrected chi connectivity index (χ2v) is 5.96. The van der Waals surface area contributed by atoms with E-state index in [0.29, 0.717) is 5.56 Å². The van der Waals surface area contributed by atoms with Crippen molar-refractivity contribution in [3.63, 3.8) is 0 Å². The van der Waals surface area contributed by atoms with Gasteiger partial charge in [0.1, 0.15) is 0 Å². The number of thioether (sulfide) groups is 1. The van der Waals surface area contributed by atoms with Gasteiger partial charge in [-0.2, -0.15) is 13.2 Å². The van der Waals surface area contributed by atoms with E-state index in [0.717, 1.165) is 17.0 Å². The Bertz CT molecular complexity index is 702. The lowest BCUT2D eigenvalue weighted by Crippen LogP contribution is -2.28. The minimum absolute atomic E-state index is 0.0896. The maximum Gasteiger partial charge on any atom is 0.416 e. The summed E-state index contributed by atoms with van der Waals surface area (Å²) in [4.78, 5) is 13.0. The second kappa shape index (κ2) is 7.72. The van der Waals surface area contributed by atoms with Gasteiger partial charge >= 0.3 is 6.18 Å². The van der Waals surface area contributed by atoms with Gasteiger partial charge in [-0.15, -0.1) is 11.8 Å². The molecule has 128 valence electrons. The molecular formula is C17H16F3NO2S. The molecule has 24 heavy (non-hydrogen) atoms. The SMILES string of the molecule is CSc1ccc(C(O)CNC(=O)c2cccc(C(F)(F)F)c2)cc1. The van der Waals surface area contributed by atoms with Crippen LogP contribution < -0.4 is 5.32 Å². The van der Waals surface area contributed by atoms with Crippen molar-refractivity contribution in [2.75, 3.05) is 12.8 Å². The average molecular weight is 355 g/mol. The van der Waals surface area contributed by atoms with E-state index in [-0.39, 0.29) is 12.1 Å². The van der Waals surface area contributed by atoms with Crippen molar-refractivity contribution in [3.05, 3.63) is 65.2 Å². The lowest BCUT2D eigenvalue weighted by Gasteiger charge is -2.13. The van der Waals surface area contributed by atoms with Crippen LogP contribution in [-0.4, -0.2) is 23.8 Å². The molecule has 0 bridgehead atoms. The van der Waals surface area contributed by atoms with Crippen LogP contribution in [0.5, 0.6) is 0 Å². The van der Waals surface area contributed by atoms with Crippen LogP contribution in [0.4, 0.5) is 13.2 Å². The van der Waals surface area contributed by atoms with E-state index in [1.54, 1.807) is 23.9 Å². The predicted molar refractivity (Wildman–Crippen MR) is 87.0 cm³/mol. The molecule has 0 radical (unpaired) electrons. The van der Waals surface area contributed by atoms with Crippen LogP contribution in [0, 0.1) is 0 Å². The lowest BCUT2D eigenvalue weighted by atomic mass is 10.1. The summed E-state index contributed by atoms with van der Waals surface area (Å²) < 4.78 is 38.0. The average Bonchev–Trinajstić information content (AvgIpc) is 2.58. The van der Waals surface area contributed by atoms with E-state index in [1.165, 1.54) is 12.1 Å². The topological polar surface area (TPSA) is 49.3 Å². The van der Waals surface area contributed by atoms with Gasteiger partial charge in [-0.1, -0.05) is 18.2 Å². The standard InChI is InChI=1S/C17H16F3NO2S/c1-24-14-7-5-11(6-8-14)15(22)10-21-16(23)12-3-2-4-13(9-12)17(18,19)20/h2-9,15,22H,10H2,1H3,(H,21,23). The van der Waals surface area contributed by atoms with Gasteiger partial charge in [0.05, 0.1) is 11.7 Å². The lowest BCUT2D eigenvalue weighted by molar-refractivity contribution is -0.137. The molecule has 2 aromatic carbocycles. The van der Waals surface area contributed by atoms with Crippen molar-refractivity contribution in [1.29, 1.82) is 0 Å². The molecule has 2 rings (SSSR count). The smallest absolute Gasteiger partial charge is 0.387 e. The van der Waals surface area contributed by atoms with E-state index in [1.807, 2.05) is 18.4 Å². The van der Waals surface area contributed by atoms with Gasteiger partial charge in [0.25, 0.3) is 5.91 Å². The Morgan fingerprint density at radius 2 is 1.88 bits per heavy atom. The maximum atomic E-state index is 12.7. The number of carbonyl (C=O) groups excluding carboxylic acids is 1. The van der Waals surface area contributed by atoms with E-state index in [9.17, 15) is 23.1 Å². The molecule has 0 aliphatic carbocycles. The van der Waals surface area contributed by atoms with Crippen LogP contribution in [0.1, 0.15) is 27.6 Å². The monoisotopic (exact) mass is 355 g/mol. The van der Waals surface area contributed by atoms with Gasteiger partial charge in [-0.05, 0) is 42.2 Å². The van der Waals surface area contributed by atoms with Gasteiger partial charge in [-0.3, -0.25) is 4.79 Å². The van der Waals surface area contributed by atoms with Crippen LogP contribution >= 0.6 is 11.8 Å². The molecule has 3 nitrogen and oxygen atoms in total. The third-order valence-corrected chi connectivity index (χ3v) is 4.15. The molecule has 0 aliphatic heterocycles. The number of aliphatic hydroxyl groups excluding tert-OH is 1. The normalized spacial score (nSPS) is 12.7. The summed E-state index contributed by atoms with van der Waals surface area (Å²) in [6, 6.07) is 11.3. The first-order valence-corrected chi connectivity index (χ1v) is 8.31. The summed E-state index contributed by atoms with van der Waals surface area (Å²) in [6.07, 6.45) is -3.51. The Morgan fingerprint density at radius 1 is 1.21 bits per heavy atom. The third kappa shape index (κ3) is 4.75. The first-order chi connectivity index (χ1) is 11.3. The van der Waals surface area contributed by atoms with Gasteiger partial charge in [0.15, 0.2) is 0 Å². The molecule has 7 heteroatoms. The van der Waals surface area contributed by atoms with Crippen molar-refractivity contribution in [2.45, 2.75) is 17.2 Å². The highest BCUT2D eigenvalue weighted by Crippen LogP contribution is 2.29. The second-order valence-electron chi connectivity index (χ2n) is 5.08. The first-order valence-electron chi connectivity index (χ1n) is 7.08. The Hall–Kier alpha value is -1.99. The van der Waals surface area contributed by atoms with Gasteiger partial charge in [-0.25, -0.2) is 0 Å². The van der Waals surface area contributed by atoms with Crippen LogP contribution in [0.25, 0.3) is 0 Å². The van der Waals surface area contributed by atoms with E-state index in [2.05, 4.69) is 5.32 Å². The highest BCUT2D eigenvalue weighted by molar-refractivity contribution is 7.98. The highest BCUT2D eigenvalue weighted by atomic mass is 32.2. The molecule has 0 saturated heterocycles. The summed E-state index contributed by atoms with van der Waals surface area (Å²) in [5.74, 6) is -0.666. The number of benzene rings is 2. The van der Waals surface area contributed by atoms with Crippen LogP contribution in [0.2, 0.25) is 0 Å². The third-order valence-electron chi connectivity index (χ3n) is 3.41. The molecule has 2 N–H and O–H groups in total. The Kier molecular flexibility index (Phi) is 5.90. The molecule has 0 heterocycles. The molecule has 0 fully saturated rings. The fraction of sp³-hybridized carbons (Fsp3) is 0.235. The number of hydrogen-bond donors (Lipinski definition) is 2. The Labute approximate surface area is 141 Å². The molecule has 2 aromatic rings. The van der Waals surface area contributed by atoms with Crippen molar-refractivity contribution in [2.24, 2.45) is 0 Å². The number of hydrogen-bond acceptors (Lipinski definition) is 3.